The molecule has 0 bridgehead atoms. The van der Waals surface area contributed by atoms with E-state index in [-0.39, 0.29) is 24.4 Å². The van der Waals surface area contributed by atoms with E-state index in [9.17, 15) is 4.79 Å². The monoisotopic (exact) mass is 417 g/mol. The lowest BCUT2D eigenvalue weighted by atomic mass is 10.2. The van der Waals surface area contributed by atoms with Crippen molar-refractivity contribution in [2.75, 3.05) is 30.4 Å². The van der Waals surface area contributed by atoms with Crippen molar-refractivity contribution in [2.45, 2.75) is 25.5 Å². The fourth-order valence-corrected chi connectivity index (χ4v) is 3.35. The van der Waals surface area contributed by atoms with Gasteiger partial charge in [0.15, 0.2) is 0 Å². The molecule has 2 aromatic rings. The number of amides is 1. The molecule has 1 amide bonds. The summed E-state index contributed by atoms with van der Waals surface area (Å²) >= 11 is 3.58. The van der Waals surface area contributed by atoms with E-state index in [0.29, 0.717) is 5.69 Å². The van der Waals surface area contributed by atoms with Gasteiger partial charge in [0.1, 0.15) is 11.8 Å². The zero-order chi connectivity index (χ0) is 16.6. The fraction of sp³-hybridized carbons (Fsp3) is 0.467. The van der Waals surface area contributed by atoms with Gasteiger partial charge < -0.3 is 25.7 Å². The molecule has 9 heteroatoms. The average Bonchev–Trinajstić information content (AvgIpc) is 3.13. The van der Waals surface area contributed by atoms with Crippen LogP contribution < -0.4 is 16.0 Å². The highest BCUT2D eigenvalue weighted by Gasteiger charge is 2.25. The Balaban J connectivity index is 0.00000208. The zero-order valence-corrected chi connectivity index (χ0v) is 15.9. The van der Waals surface area contributed by atoms with Crippen LogP contribution >= 0.6 is 28.3 Å². The zero-order valence-electron chi connectivity index (χ0n) is 13.5. The largest absolute Gasteiger partial charge is 0.372 e. The standard InChI is InChI=1S/C15H20BrN5O2.ClH/c1-8(23-2)15(22)20-11-6-19-14-12(11)13(10(16)5-18-14)21-4-3-9(17)7-21;/h5-6,8-9H,3-4,7,17H2,1-2H3,(H,18,19)(H,20,22);1H. The molecular weight excluding hydrogens is 398 g/mol. The van der Waals surface area contributed by atoms with Crippen molar-refractivity contribution in [1.82, 2.24) is 9.97 Å². The van der Waals surface area contributed by atoms with Crippen LogP contribution in [0.3, 0.4) is 0 Å². The highest BCUT2D eigenvalue weighted by molar-refractivity contribution is 9.10. The molecule has 2 unspecified atom stereocenters. The van der Waals surface area contributed by atoms with Gasteiger partial charge >= 0.3 is 0 Å². The van der Waals surface area contributed by atoms with E-state index in [1.54, 1.807) is 19.3 Å². The number of halogens is 2. The molecule has 0 radical (unpaired) electrons. The minimum absolute atomic E-state index is 0. The van der Waals surface area contributed by atoms with Crippen LogP contribution in [0.2, 0.25) is 0 Å². The van der Waals surface area contributed by atoms with Crippen LogP contribution in [0, 0.1) is 0 Å². The van der Waals surface area contributed by atoms with Gasteiger partial charge in [-0.1, -0.05) is 0 Å². The number of pyridine rings is 1. The molecule has 2 atom stereocenters. The predicted octanol–water partition coefficient (Wildman–Crippen LogP) is 2.26. The molecule has 3 rings (SSSR count). The van der Waals surface area contributed by atoms with Crippen molar-refractivity contribution < 1.29 is 9.53 Å². The number of nitrogens with two attached hydrogens (primary N) is 1. The molecule has 1 fully saturated rings. The minimum Gasteiger partial charge on any atom is -0.372 e. The van der Waals surface area contributed by atoms with Crippen LogP contribution in [0.1, 0.15) is 13.3 Å². The summed E-state index contributed by atoms with van der Waals surface area (Å²) < 4.78 is 5.95. The van der Waals surface area contributed by atoms with E-state index < -0.39 is 6.10 Å². The summed E-state index contributed by atoms with van der Waals surface area (Å²) in [7, 11) is 1.51. The summed E-state index contributed by atoms with van der Waals surface area (Å²) in [5.41, 5.74) is 8.46. The van der Waals surface area contributed by atoms with E-state index in [2.05, 4.69) is 36.1 Å². The molecule has 2 aromatic heterocycles. The molecule has 4 N–H and O–H groups in total. The summed E-state index contributed by atoms with van der Waals surface area (Å²) in [6.45, 7) is 3.37. The summed E-state index contributed by atoms with van der Waals surface area (Å²) in [6.07, 6.45) is 3.94. The Hall–Kier alpha value is -1.35. The van der Waals surface area contributed by atoms with Gasteiger partial charge in [-0.2, -0.15) is 0 Å². The van der Waals surface area contributed by atoms with Gasteiger partial charge in [0, 0.05) is 38.6 Å². The van der Waals surface area contributed by atoms with Crippen molar-refractivity contribution in [3.05, 3.63) is 16.9 Å². The number of hydrogen-bond donors (Lipinski definition) is 3. The third-order valence-corrected chi connectivity index (χ3v) is 4.73. The number of carbonyl (C=O) groups excluding carboxylic acids is 1. The molecule has 7 nitrogen and oxygen atoms in total. The molecule has 1 aliphatic rings. The van der Waals surface area contributed by atoms with E-state index >= 15 is 0 Å². The van der Waals surface area contributed by atoms with E-state index in [1.807, 2.05) is 0 Å². The van der Waals surface area contributed by atoms with Gasteiger partial charge in [0.2, 0.25) is 0 Å². The number of nitrogens with zero attached hydrogens (tertiary/aromatic N) is 2. The van der Waals surface area contributed by atoms with Crippen molar-refractivity contribution in [2.24, 2.45) is 5.73 Å². The SMILES string of the molecule is COC(C)C(=O)Nc1c[nH]c2ncc(Br)c(N3CCC(N)C3)c12.Cl. The quantitative estimate of drug-likeness (QED) is 0.708. The van der Waals surface area contributed by atoms with Crippen LogP contribution in [0.4, 0.5) is 11.4 Å². The van der Waals surface area contributed by atoms with Crippen molar-refractivity contribution >= 4 is 56.7 Å². The lowest BCUT2D eigenvalue weighted by molar-refractivity contribution is -0.124. The number of hydrogen-bond acceptors (Lipinski definition) is 5. The summed E-state index contributed by atoms with van der Waals surface area (Å²) in [4.78, 5) is 21.9. The first-order chi connectivity index (χ1) is 11.0. The summed E-state index contributed by atoms with van der Waals surface area (Å²) in [6, 6.07) is 0.163. The molecule has 1 saturated heterocycles. The molecular formula is C15H21BrClN5O2. The second-order valence-corrected chi connectivity index (χ2v) is 6.60. The van der Waals surface area contributed by atoms with Gasteiger partial charge in [-0.3, -0.25) is 4.79 Å². The molecule has 3 heterocycles. The number of nitrogens with one attached hydrogen (secondary N) is 2. The number of H-pyrrole nitrogens is 1. The molecule has 0 aliphatic carbocycles. The van der Waals surface area contributed by atoms with Gasteiger partial charge in [0.05, 0.1) is 21.2 Å². The van der Waals surface area contributed by atoms with Gasteiger partial charge in [-0.25, -0.2) is 4.98 Å². The number of anilines is 2. The lowest BCUT2D eigenvalue weighted by Gasteiger charge is -2.21. The predicted molar refractivity (Wildman–Crippen MR) is 101 cm³/mol. The van der Waals surface area contributed by atoms with E-state index in [4.69, 9.17) is 10.5 Å². The Morgan fingerprint density at radius 2 is 2.38 bits per heavy atom. The highest BCUT2D eigenvalue weighted by atomic mass is 79.9. The number of aromatic nitrogens is 2. The van der Waals surface area contributed by atoms with Crippen LogP contribution in [0.15, 0.2) is 16.9 Å². The van der Waals surface area contributed by atoms with Gasteiger partial charge in [0.25, 0.3) is 5.91 Å². The first-order valence-corrected chi connectivity index (χ1v) is 8.30. The summed E-state index contributed by atoms with van der Waals surface area (Å²) in [5.74, 6) is -0.197. The summed E-state index contributed by atoms with van der Waals surface area (Å²) in [5, 5.41) is 3.78. The lowest BCUT2D eigenvalue weighted by Crippen LogP contribution is -2.28. The third-order valence-electron chi connectivity index (χ3n) is 4.15. The third kappa shape index (κ3) is 3.51. The average molecular weight is 419 g/mol. The van der Waals surface area contributed by atoms with Crippen molar-refractivity contribution in [3.8, 4) is 0 Å². The van der Waals surface area contributed by atoms with E-state index in [0.717, 1.165) is 40.7 Å². The maximum Gasteiger partial charge on any atom is 0.253 e. The highest BCUT2D eigenvalue weighted by Crippen LogP contribution is 2.39. The Kier molecular flexibility index (Phi) is 6.08. The van der Waals surface area contributed by atoms with Crippen LogP contribution in [-0.4, -0.2) is 48.2 Å². The van der Waals surface area contributed by atoms with Crippen LogP contribution in [-0.2, 0) is 9.53 Å². The first kappa shape index (κ1) is 19.0. The number of methoxy groups -OCH3 is 1. The Bertz CT molecular complexity index is 738. The Morgan fingerprint density at radius 1 is 1.62 bits per heavy atom. The minimum atomic E-state index is -0.524. The first-order valence-electron chi connectivity index (χ1n) is 7.51. The molecule has 1 aliphatic heterocycles. The number of rotatable bonds is 4. The fourth-order valence-electron chi connectivity index (χ4n) is 2.80. The Morgan fingerprint density at radius 3 is 3.00 bits per heavy atom. The maximum atomic E-state index is 12.1. The number of fused-ring (bicyclic) bond motifs is 1. The van der Waals surface area contributed by atoms with E-state index in [1.165, 1.54) is 7.11 Å². The number of carbonyl (C=O) groups is 1. The van der Waals surface area contributed by atoms with Gasteiger partial charge in [-0.15, -0.1) is 12.4 Å². The topological polar surface area (TPSA) is 96.3 Å². The van der Waals surface area contributed by atoms with Crippen LogP contribution in [0.5, 0.6) is 0 Å². The normalized spacial score (nSPS) is 18.5. The van der Waals surface area contributed by atoms with Crippen molar-refractivity contribution in [3.63, 3.8) is 0 Å². The Labute approximate surface area is 154 Å². The number of aromatic amines is 1. The second-order valence-electron chi connectivity index (χ2n) is 5.74. The van der Waals surface area contributed by atoms with Crippen molar-refractivity contribution in [1.29, 1.82) is 0 Å². The van der Waals surface area contributed by atoms with Gasteiger partial charge in [-0.05, 0) is 29.3 Å². The molecule has 0 aromatic carbocycles. The molecule has 0 spiro atoms. The molecule has 24 heavy (non-hydrogen) atoms. The van der Waals surface area contributed by atoms with Crippen LogP contribution in [0.25, 0.3) is 11.0 Å². The second kappa shape index (κ2) is 7.69. The molecule has 0 saturated carbocycles. The smallest absolute Gasteiger partial charge is 0.253 e. The molecule has 132 valence electrons. The maximum absolute atomic E-state index is 12.1. The number of ether oxygens (including phenoxy) is 1.